The van der Waals surface area contributed by atoms with Gasteiger partial charge < -0.3 is 18.6 Å². The standard InChI is InChI=1S/C18H20N4O3/c1-23-15-4-3-12(7-16(15)24-2)8-17-20-18(25-21-17)13-5-6-22-11-19-10-14(22)9-13/h3-4,7,10-11,13H,5-6,8-9H2,1-2H3/t13-/m0/s1. The smallest absolute Gasteiger partial charge is 0.230 e. The molecule has 1 aromatic carbocycles. The fraction of sp³-hybridized carbons (Fsp3) is 0.389. The fourth-order valence-corrected chi connectivity index (χ4v) is 3.26. The lowest BCUT2D eigenvalue weighted by molar-refractivity contribution is 0.323. The summed E-state index contributed by atoms with van der Waals surface area (Å²) in [6.07, 6.45) is 6.25. The summed E-state index contributed by atoms with van der Waals surface area (Å²) >= 11 is 0. The molecule has 3 heterocycles. The molecule has 2 aromatic heterocycles. The maximum atomic E-state index is 5.52. The molecule has 0 aliphatic carbocycles. The van der Waals surface area contributed by atoms with E-state index in [1.807, 2.05) is 30.7 Å². The van der Waals surface area contributed by atoms with Gasteiger partial charge in [-0.05, 0) is 24.1 Å². The van der Waals surface area contributed by atoms with Gasteiger partial charge in [0.05, 0.1) is 20.5 Å². The van der Waals surface area contributed by atoms with Crippen molar-refractivity contribution in [2.24, 2.45) is 0 Å². The zero-order chi connectivity index (χ0) is 17.2. The average Bonchev–Trinajstić information content (AvgIpc) is 3.30. The molecule has 1 aliphatic heterocycles. The third-order valence-corrected chi connectivity index (χ3v) is 4.62. The van der Waals surface area contributed by atoms with Gasteiger partial charge >= 0.3 is 0 Å². The summed E-state index contributed by atoms with van der Waals surface area (Å²) in [5.41, 5.74) is 2.27. The maximum Gasteiger partial charge on any atom is 0.230 e. The van der Waals surface area contributed by atoms with E-state index in [4.69, 9.17) is 14.0 Å². The van der Waals surface area contributed by atoms with Crippen LogP contribution in [0.1, 0.15) is 35.3 Å². The van der Waals surface area contributed by atoms with Crippen molar-refractivity contribution >= 4 is 0 Å². The van der Waals surface area contributed by atoms with Crippen molar-refractivity contribution in [1.82, 2.24) is 19.7 Å². The van der Waals surface area contributed by atoms with Crippen LogP contribution in [0.15, 0.2) is 35.2 Å². The van der Waals surface area contributed by atoms with Gasteiger partial charge in [-0.1, -0.05) is 11.2 Å². The van der Waals surface area contributed by atoms with Gasteiger partial charge in [0.1, 0.15) is 0 Å². The van der Waals surface area contributed by atoms with Crippen molar-refractivity contribution in [3.05, 3.63) is 53.7 Å². The lowest BCUT2D eigenvalue weighted by atomic mass is 9.96. The molecule has 0 radical (unpaired) electrons. The number of benzene rings is 1. The number of methoxy groups -OCH3 is 2. The Morgan fingerprint density at radius 1 is 1.24 bits per heavy atom. The molecule has 0 fully saturated rings. The molecule has 1 atom stereocenters. The number of fused-ring (bicyclic) bond motifs is 1. The molecule has 0 bridgehead atoms. The van der Waals surface area contributed by atoms with E-state index in [2.05, 4.69) is 19.7 Å². The summed E-state index contributed by atoms with van der Waals surface area (Å²) in [4.78, 5) is 8.80. The average molecular weight is 340 g/mol. The van der Waals surface area contributed by atoms with Gasteiger partial charge in [0, 0.05) is 37.2 Å². The first-order chi connectivity index (χ1) is 12.3. The Morgan fingerprint density at radius 2 is 2.12 bits per heavy atom. The Labute approximate surface area is 145 Å². The Bertz CT molecular complexity index is 871. The van der Waals surface area contributed by atoms with E-state index in [0.717, 1.165) is 24.9 Å². The molecule has 0 amide bonds. The number of hydrogen-bond donors (Lipinski definition) is 0. The van der Waals surface area contributed by atoms with Gasteiger partial charge in [-0.25, -0.2) is 4.98 Å². The lowest BCUT2D eigenvalue weighted by Crippen LogP contribution is -2.17. The SMILES string of the molecule is COc1ccc(Cc2noc([C@H]3CCn4cncc4C3)n2)cc1OC. The van der Waals surface area contributed by atoms with Crippen LogP contribution < -0.4 is 9.47 Å². The summed E-state index contributed by atoms with van der Waals surface area (Å²) in [6.45, 7) is 0.938. The van der Waals surface area contributed by atoms with Crippen molar-refractivity contribution in [2.45, 2.75) is 31.7 Å². The molecule has 25 heavy (non-hydrogen) atoms. The van der Waals surface area contributed by atoms with Crippen LogP contribution in [0.3, 0.4) is 0 Å². The van der Waals surface area contributed by atoms with Gasteiger partial charge in [-0.3, -0.25) is 0 Å². The summed E-state index contributed by atoms with van der Waals surface area (Å²) in [5.74, 6) is 3.06. The van der Waals surface area contributed by atoms with Crippen molar-refractivity contribution in [3.63, 3.8) is 0 Å². The van der Waals surface area contributed by atoms with E-state index in [0.29, 0.717) is 29.6 Å². The molecule has 7 heteroatoms. The van der Waals surface area contributed by atoms with Crippen LogP contribution in [0.25, 0.3) is 0 Å². The Balaban J connectivity index is 1.49. The summed E-state index contributed by atoms with van der Waals surface area (Å²) < 4.78 is 18.3. The number of hydrogen-bond acceptors (Lipinski definition) is 6. The van der Waals surface area contributed by atoms with Crippen LogP contribution >= 0.6 is 0 Å². The quantitative estimate of drug-likeness (QED) is 0.711. The molecular formula is C18H20N4O3. The minimum absolute atomic E-state index is 0.260. The normalized spacial score (nSPS) is 16.5. The number of nitrogens with zero attached hydrogens (tertiary/aromatic N) is 4. The minimum atomic E-state index is 0.260. The Hall–Kier alpha value is -2.83. The zero-order valence-corrected chi connectivity index (χ0v) is 14.3. The first-order valence-electron chi connectivity index (χ1n) is 8.29. The van der Waals surface area contributed by atoms with E-state index < -0.39 is 0 Å². The van der Waals surface area contributed by atoms with Gasteiger partial charge in [-0.15, -0.1) is 0 Å². The molecular weight excluding hydrogens is 320 g/mol. The maximum absolute atomic E-state index is 5.52. The molecule has 3 aromatic rings. The summed E-state index contributed by atoms with van der Waals surface area (Å²) in [5, 5.41) is 4.15. The van der Waals surface area contributed by atoms with Crippen LogP contribution in [0.5, 0.6) is 11.5 Å². The van der Waals surface area contributed by atoms with Crippen LogP contribution in [0.2, 0.25) is 0 Å². The van der Waals surface area contributed by atoms with E-state index in [1.165, 1.54) is 5.69 Å². The molecule has 1 aliphatic rings. The summed E-state index contributed by atoms with van der Waals surface area (Å²) in [7, 11) is 3.25. The summed E-state index contributed by atoms with van der Waals surface area (Å²) in [6, 6.07) is 5.81. The Kier molecular flexibility index (Phi) is 4.13. The highest BCUT2D eigenvalue weighted by Crippen LogP contribution is 2.30. The van der Waals surface area contributed by atoms with E-state index >= 15 is 0 Å². The topological polar surface area (TPSA) is 75.2 Å². The van der Waals surface area contributed by atoms with Crippen molar-refractivity contribution in [3.8, 4) is 11.5 Å². The molecule has 0 spiro atoms. The number of imidazole rings is 1. The highest BCUT2D eigenvalue weighted by Gasteiger charge is 2.25. The number of aromatic nitrogens is 4. The van der Waals surface area contributed by atoms with E-state index in [9.17, 15) is 0 Å². The monoisotopic (exact) mass is 340 g/mol. The van der Waals surface area contributed by atoms with Gasteiger partial charge in [0.15, 0.2) is 17.3 Å². The second kappa shape index (κ2) is 6.58. The molecule has 0 saturated heterocycles. The second-order valence-corrected chi connectivity index (χ2v) is 6.18. The van der Waals surface area contributed by atoms with Gasteiger partial charge in [0.2, 0.25) is 5.89 Å². The predicted octanol–water partition coefficient (Wildman–Crippen LogP) is 2.60. The van der Waals surface area contributed by atoms with Crippen molar-refractivity contribution < 1.29 is 14.0 Å². The first kappa shape index (κ1) is 15.7. The van der Waals surface area contributed by atoms with Crippen LogP contribution in [0, 0.1) is 0 Å². The van der Waals surface area contributed by atoms with Crippen molar-refractivity contribution in [1.29, 1.82) is 0 Å². The molecule has 0 saturated carbocycles. The van der Waals surface area contributed by atoms with Gasteiger partial charge in [-0.2, -0.15) is 4.98 Å². The number of rotatable bonds is 5. The van der Waals surface area contributed by atoms with Gasteiger partial charge in [0.25, 0.3) is 0 Å². The molecule has 7 nitrogen and oxygen atoms in total. The fourth-order valence-electron chi connectivity index (χ4n) is 3.26. The number of ether oxygens (including phenoxy) is 2. The zero-order valence-electron chi connectivity index (χ0n) is 14.3. The van der Waals surface area contributed by atoms with Crippen LogP contribution in [-0.4, -0.2) is 33.9 Å². The third kappa shape index (κ3) is 3.09. The second-order valence-electron chi connectivity index (χ2n) is 6.18. The highest BCUT2D eigenvalue weighted by molar-refractivity contribution is 5.43. The Morgan fingerprint density at radius 3 is 2.96 bits per heavy atom. The van der Waals surface area contributed by atoms with E-state index in [-0.39, 0.29) is 5.92 Å². The predicted molar refractivity (Wildman–Crippen MR) is 89.9 cm³/mol. The molecule has 130 valence electrons. The largest absolute Gasteiger partial charge is 0.493 e. The molecule has 0 unspecified atom stereocenters. The lowest BCUT2D eigenvalue weighted by Gasteiger charge is -2.20. The first-order valence-corrected chi connectivity index (χ1v) is 8.29. The van der Waals surface area contributed by atoms with Crippen LogP contribution in [-0.2, 0) is 19.4 Å². The van der Waals surface area contributed by atoms with Crippen molar-refractivity contribution in [2.75, 3.05) is 14.2 Å². The van der Waals surface area contributed by atoms with E-state index in [1.54, 1.807) is 14.2 Å². The third-order valence-electron chi connectivity index (χ3n) is 4.62. The molecule has 4 rings (SSSR count). The highest BCUT2D eigenvalue weighted by atomic mass is 16.5. The molecule has 0 N–H and O–H groups in total. The van der Waals surface area contributed by atoms with Crippen LogP contribution in [0.4, 0.5) is 0 Å². The number of aryl methyl sites for hydroxylation is 1. The minimum Gasteiger partial charge on any atom is -0.493 e.